The van der Waals surface area contributed by atoms with E-state index in [9.17, 15) is 9.59 Å². The summed E-state index contributed by atoms with van der Waals surface area (Å²) in [4.78, 5) is 26.6. The van der Waals surface area contributed by atoms with Crippen LogP contribution in [-0.2, 0) is 9.53 Å². The van der Waals surface area contributed by atoms with Crippen LogP contribution in [0, 0.1) is 13.8 Å². The summed E-state index contributed by atoms with van der Waals surface area (Å²) in [6, 6.07) is 10.6. The first-order valence-corrected chi connectivity index (χ1v) is 9.48. The largest absolute Gasteiger partial charge is 0.484 e. The van der Waals surface area contributed by atoms with Crippen LogP contribution in [-0.4, -0.2) is 49.6 Å². The van der Waals surface area contributed by atoms with Gasteiger partial charge in [0, 0.05) is 18.7 Å². The van der Waals surface area contributed by atoms with Gasteiger partial charge < -0.3 is 19.7 Å². The standard InChI is InChI=1S/C21H23ClN2O4/c1-14-9-15(2)11-17(10-14)28-13-20(25)23-19-12-16(3-4-18(19)22)21(26)24-5-7-27-8-6-24/h3-4,9-12H,5-8,13H2,1-2H3,(H,23,25). The molecule has 0 radical (unpaired) electrons. The van der Waals surface area contributed by atoms with Crippen LogP contribution in [0.4, 0.5) is 5.69 Å². The van der Waals surface area contributed by atoms with Gasteiger partial charge in [0.1, 0.15) is 5.75 Å². The number of halogens is 1. The van der Waals surface area contributed by atoms with Gasteiger partial charge in [0.15, 0.2) is 6.61 Å². The van der Waals surface area contributed by atoms with E-state index in [2.05, 4.69) is 5.32 Å². The molecular weight excluding hydrogens is 380 g/mol. The predicted octanol–water partition coefficient (Wildman–Crippen LogP) is 3.45. The van der Waals surface area contributed by atoms with Crippen LogP contribution < -0.4 is 10.1 Å². The molecule has 1 heterocycles. The molecule has 6 nitrogen and oxygen atoms in total. The Morgan fingerprint density at radius 1 is 1.11 bits per heavy atom. The number of nitrogens with one attached hydrogen (secondary N) is 1. The van der Waals surface area contributed by atoms with E-state index in [0.29, 0.717) is 48.3 Å². The lowest BCUT2D eigenvalue weighted by Gasteiger charge is -2.27. The van der Waals surface area contributed by atoms with Gasteiger partial charge in [-0.1, -0.05) is 17.7 Å². The van der Waals surface area contributed by atoms with Crippen molar-refractivity contribution in [1.82, 2.24) is 4.90 Å². The molecule has 0 aliphatic carbocycles. The number of aryl methyl sites for hydroxylation is 2. The van der Waals surface area contributed by atoms with Gasteiger partial charge in [-0.05, 0) is 55.3 Å². The number of carbonyl (C=O) groups excluding carboxylic acids is 2. The number of morpholine rings is 1. The number of carbonyl (C=O) groups is 2. The summed E-state index contributed by atoms with van der Waals surface area (Å²) >= 11 is 6.19. The average molecular weight is 403 g/mol. The highest BCUT2D eigenvalue weighted by Gasteiger charge is 2.19. The van der Waals surface area contributed by atoms with Crippen LogP contribution in [0.2, 0.25) is 5.02 Å². The fourth-order valence-corrected chi connectivity index (χ4v) is 3.22. The number of rotatable bonds is 5. The third kappa shape index (κ3) is 5.24. The molecule has 3 rings (SSSR count). The van der Waals surface area contributed by atoms with Crippen LogP contribution in [0.25, 0.3) is 0 Å². The number of hydrogen-bond donors (Lipinski definition) is 1. The topological polar surface area (TPSA) is 67.9 Å². The Balaban J connectivity index is 1.64. The molecule has 7 heteroatoms. The van der Waals surface area contributed by atoms with Gasteiger partial charge in [-0.25, -0.2) is 0 Å². The normalized spacial score (nSPS) is 13.9. The zero-order valence-corrected chi connectivity index (χ0v) is 16.7. The maximum atomic E-state index is 12.6. The Hall–Kier alpha value is -2.57. The fraction of sp³-hybridized carbons (Fsp3) is 0.333. The second-order valence-corrected chi connectivity index (χ2v) is 7.17. The van der Waals surface area contributed by atoms with Crippen molar-refractivity contribution in [1.29, 1.82) is 0 Å². The molecule has 0 saturated carbocycles. The van der Waals surface area contributed by atoms with E-state index in [4.69, 9.17) is 21.1 Å². The summed E-state index contributed by atoms with van der Waals surface area (Å²) in [6.07, 6.45) is 0. The SMILES string of the molecule is Cc1cc(C)cc(OCC(=O)Nc2cc(C(=O)N3CCOCC3)ccc2Cl)c1. The van der Waals surface area contributed by atoms with Crippen molar-refractivity contribution in [3.8, 4) is 5.75 Å². The van der Waals surface area contributed by atoms with Gasteiger partial charge in [-0.2, -0.15) is 0 Å². The summed E-state index contributed by atoms with van der Waals surface area (Å²) in [7, 11) is 0. The fourth-order valence-electron chi connectivity index (χ4n) is 3.05. The summed E-state index contributed by atoms with van der Waals surface area (Å²) in [5.41, 5.74) is 2.98. The van der Waals surface area contributed by atoms with E-state index in [1.165, 1.54) is 0 Å². The van der Waals surface area contributed by atoms with Crippen molar-refractivity contribution < 1.29 is 19.1 Å². The minimum Gasteiger partial charge on any atom is -0.484 e. The van der Waals surface area contributed by atoms with Crippen LogP contribution in [0.5, 0.6) is 5.75 Å². The Kier molecular flexibility index (Phi) is 6.54. The Labute approximate surface area is 169 Å². The number of ether oxygens (including phenoxy) is 2. The maximum absolute atomic E-state index is 12.6. The van der Waals surface area contributed by atoms with E-state index in [-0.39, 0.29) is 18.4 Å². The number of hydrogen-bond acceptors (Lipinski definition) is 4. The van der Waals surface area contributed by atoms with E-state index >= 15 is 0 Å². The lowest BCUT2D eigenvalue weighted by Crippen LogP contribution is -2.40. The molecule has 2 amide bonds. The van der Waals surface area contributed by atoms with Crippen LogP contribution in [0.3, 0.4) is 0 Å². The van der Waals surface area contributed by atoms with E-state index in [1.807, 2.05) is 32.0 Å². The van der Waals surface area contributed by atoms with E-state index < -0.39 is 0 Å². The lowest BCUT2D eigenvalue weighted by atomic mass is 10.1. The van der Waals surface area contributed by atoms with Crippen molar-refractivity contribution in [2.24, 2.45) is 0 Å². The van der Waals surface area contributed by atoms with Crippen molar-refractivity contribution in [2.75, 3.05) is 38.2 Å². The molecule has 1 N–H and O–H groups in total. The molecule has 148 valence electrons. The quantitative estimate of drug-likeness (QED) is 0.831. The van der Waals surface area contributed by atoms with Crippen LogP contribution >= 0.6 is 11.6 Å². The third-order valence-electron chi connectivity index (χ3n) is 4.35. The highest BCUT2D eigenvalue weighted by molar-refractivity contribution is 6.33. The molecule has 0 atom stereocenters. The molecule has 1 aliphatic heterocycles. The number of amides is 2. The first kappa shape index (κ1) is 20.2. The Morgan fingerprint density at radius 3 is 2.46 bits per heavy atom. The highest BCUT2D eigenvalue weighted by atomic mass is 35.5. The molecule has 1 aliphatic rings. The number of anilines is 1. The first-order valence-electron chi connectivity index (χ1n) is 9.10. The molecule has 2 aromatic carbocycles. The third-order valence-corrected chi connectivity index (χ3v) is 4.68. The van der Waals surface area contributed by atoms with Crippen molar-refractivity contribution in [3.05, 3.63) is 58.1 Å². The summed E-state index contributed by atoms with van der Waals surface area (Å²) < 4.78 is 10.8. The van der Waals surface area contributed by atoms with E-state index in [0.717, 1.165) is 11.1 Å². The molecule has 0 unspecified atom stereocenters. The van der Waals surface area contributed by atoms with E-state index in [1.54, 1.807) is 23.1 Å². The Bertz CT molecular complexity index is 858. The molecule has 28 heavy (non-hydrogen) atoms. The van der Waals surface area contributed by atoms with Crippen molar-refractivity contribution >= 4 is 29.1 Å². The van der Waals surface area contributed by atoms with Gasteiger partial charge in [0.05, 0.1) is 23.9 Å². The van der Waals surface area contributed by atoms with Crippen LogP contribution in [0.1, 0.15) is 21.5 Å². The Morgan fingerprint density at radius 2 is 1.79 bits per heavy atom. The van der Waals surface area contributed by atoms with Gasteiger partial charge in [0.25, 0.3) is 11.8 Å². The monoisotopic (exact) mass is 402 g/mol. The molecule has 1 fully saturated rings. The minimum absolute atomic E-state index is 0.109. The van der Waals surface area contributed by atoms with Crippen molar-refractivity contribution in [3.63, 3.8) is 0 Å². The molecule has 0 spiro atoms. The van der Waals surface area contributed by atoms with Gasteiger partial charge >= 0.3 is 0 Å². The maximum Gasteiger partial charge on any atom is 0.262 e. The van der Waals surface area contributed by atoms with Gasteiger partial charge in [-0.15, -0.1) is 0 Å². The van der Waals surface area contributed by atoms with Gasteiger partial charge in [0.2, 0.25) is 0 Å². The van der Waals surface area contributed by atoms with Crippen molar-refractivity contribution in [2.45, 2.75) is 13.8 Å². The zero-order valence-electron chi connectivity index (χ0n) is 16.0. The summed E-state index contributed by atoms with van der Waals surface area (Å²) in [5, 5.41) is 3.08. The van der Waals surface area contributed by atoms with Crippen LogP contribution in [0.15, 0.2) is 36.4 Å². The molecule has 0 aromatic heterocycles. The average Bonchev–Trinajstić information content (AvgIpc) is 2.67. The summed E-state index contributed by atoms with van der Waals surface area (Å²) in [5.74, 6) is 0.175. The lowest BCUT2D eigenvalue weighted by molar-refractivity contribution is -0.118. The molecule has 2 aromatic rings. The number of benzene rings is 2. The molecule has 1 saturated heterocycles. The zero-order chi connectivity index (χ0) is 20.1. The molecular formula is C21H23ClN2O4. The second kappa shape index (κ2) is 9.08. The smallest absolute Gasteiger partial charge is 0.262 e. The molecule has 0 bridgehead atoms. The minimum atomic E-state index is -0.350. The first-order chi connectivity index (χ1) is 13.4. The van der Waals surface area contributed by atoms with Gasteiger partial charge in [-0.3, -0.25) is 9.59 Å². The second-order valence-electron chi connectivity index (χ2n) is 6.76. The predicted molar refractivity (Wildman–Crippen MR) is 108 cm³/mol. The summed E-state index contributed by atoms with van der Waals surface area (Å²) in [6.45, 7) is 5.94. The number of nitrogens with zero attached hydrogens (tertiary/aromatic N) is 1. The highest BCUT2D eigenvalue weighted by Crippen LogP contribution is 2.24.